The number of fused-ring (bicyclic) bond motifs is 1. The first-order valence-electron chi connectivity index (χ1n) is 7.30. The highest BCUT2D eigenvalue weighted by Gasteiger charge is 2.48. The maximum Gasteiger partial charge on any atom is 0.329 e. The number of anilines is 1. The van der Waals surface area contributed by atoms with Gasteiger partial charge in [-0.25, -0.2) is 14.8 Å². The predicted octanol–water partition coefficient (Wildman–Crippen LogP) is 3.22. The molecule has 0 aliphatic carbocycles. The number of aliphatic carboxylic acids is 1. The third-order valence-corrected chi connectivity index (χ3v) is 5.40. The van der Waals surface area contributed by atoms with Crippen molar-refractivity contribution in [3.8, 4) is 0 Å². The molecule has 0 radical (unpaired) electrons. The van der Waals surface area contributed by atoms with Crippen molar-refractivity contribution in [2.45, 2.75) is 45.1 Å². The van der Waals surface area contributed by atoms with Crippen molar-refractivity contribution in [3.63, 3.8) is 0 Å². The van der Waals surface area contributed by atoms with Gasteiger partial charge in [0.25, 0.3) is 0 Å². The van der Waals surface area contributed by atoms with Gasteiger partial charge >= 0.3 is 5.97 Å². The van der Waals surface area contributed by atoms with Gasteiger partial charge in [-0.05, 0) is 37.1 Å². The van der Waals surface area contributed by atoms with E-state index in [-0.39, 0.29) is 0 Å². The maximum absolute atomic E-state index is 12.0. The van der Waals surface area contributed by atoms with Crippen LogP contribution in [0.3, 0.4) is 0 Å². The lowest BCUT2D eigenvalue weighted by Crippen LogP contribution is -2.51. The fourth-order valence-corrected chi connectivity index (χ4v) is 4.34. The average molecular weight is 305 g/mol. The van der Waals surface area contributed by atoms with Crippen LogP contribution in [0.15, 0.2) is 11.7 Å². The minimum absolute atomic E-state index is 0.651. The molecule has 3 rings (SSSR count). The smallest absolute Gasteiger partial charge is 0.329 e. The molecule has 0 aromatic carbocycles. The van der Waals surface area contributed by atoms with Gasteiger partial charge in [-0.15, -0.1) is 11.3 Å². The highest BCUT2D eigenvalue weighted by atomic mass is 32.1. The lowest BCUT2D eigenvalue weighted by atomic mass is 9.90. The van der Waals surface area contributed by atoms with E-state index in [0.29, 0.717) is 12.8 Å². The van der Waals surface area contributed by atoms with Crippen LogP contribution in [-0.2, 0) is 4.79 Å². The number of thiophene rings is 1. The molecule has 0 bridgehead atoms. The molecule has 1 saturated heterocycles. The molecule has 2 aromatic heterocycles. The lowest BCUT2D eigenvalue weighted by molar-refractivity contribution is -0.143. The Bertz CT molecular complexity index is 685. The van der Waals surface area contributed by atoms with Crippen LogP contribution in [0.2, 0.25) is 0 Å². The molecule has 0 spiro atoms. The minimum atomic E-state index is -0.812. The Kier molecular flexibility index (Phi) is 3.57. The molecule has 1 aliphatic rings. The molecular weight excluding hydrogens is 286 g/mol. The van der Waals surface area contributed by atoms with Gasteiger partial charge in [-0.1, -0.05) is 13.3 Å². The predicted molar refractivity (Wildman–Crippen MR) is 84.0 cm³/mol. The number of nitrogens with zero attached hydrogens (tertiary/aromatic N) is 3. The van der Waals surface area contributed by atoms with Crippen molar-refractivity contribution in [2.24, 2.45) is 0 Å². The summed E-state index contributed by atoms with van der Waals surface area (Å²) in [4.78, 5) is 22.7. The van der Waals surface area contributed by atoms with E-state index in [1.54, 1.807) is 17.7 Å². The van der Waals surface area contributed by atoms with E-state index >= 15 is 0 Å². The molecular formula is C15H19N3O2S. The maximum atomic E-state index is 12.0. The summed E-state index contributed by atoms with van der Waals surface area (Å²) >= 11 is 1.60. The zero-order valence-electron chi connectivity index (χ0n) is 12.3. The second-order valence-electron chi connectivity index (χ2n) is 5.64. The summed E-state index contributed by atoms with van der Waals surface area (Å²) in [6.07, 6.45) is 4.63. The number of rotatable bonds is 4. The van der Waals surface area contributed by atoms with E-state index < -0.39 is 11.5 Å². The quantitative estimate of drug-likeness (QED) is 0.939. The summed E-state index contributed by atoms with van der Waals surface area (Å²) in [5.74, 6) is 0.0494. The van der Waals surface area contributed by atoms with Crippen molar-refractivity contribution in [1.82, 2.24) is 9.97 Å². The molecule has 3 heterocycles. The third kappa shape index (κ3) is 2.09. The molecule has 5 nitrogen and oxygen atoms in total. The van der Waals surface area contributed by atoms with Gasteiger partial charge in [0.1, 0.15) is 11.9 Å². The van der Waals surface area contributed by atoms with E-state index in [1.807, 2.05) is 18.7 Å². The molecule has 0 amide bonds. The van der Waals surface area contributed by atoms with E-state index in [2.05, 4.69) is 15.3 Å². The standard InChI is InChI=1S/C15H19N3O2S/c1-3-5-15(14(19)20)6-4-7-18(15)13-12-11(16-9-17-13)10(2)8-21-12/h8-9H,3-7H2,1-2H3,(H,19,20). The highest BCUT2D eigenvalue weighted by molar-refractivity contribution is 7.18. The summed E-state index contributed by atoms with van der Waals surface area (Å²) < 4.78 is 0.999. The van der Waals surface area contributed by atoms with Crippen LogP contribution < -0.4 is 4.90 Å². The second-order valence-corrected chi connectivity index (χ2v) is 6.52. The largest absolute Gasteiger partial charge is 0.479 e. The third-order valence-electron chi connectivity index (χ3n) is 4.32. The van der Waals surface area contributed by atoms with Crippen LogP contribution in [0.25, 0.3) is 10.2 Å². The van der Waals surface area contributed by atoms with Crippen LogP contribution in [0.1, 0.15) is 38.2 Å². The van der Waals surface area contributed by atoms with Crippen LogP contribution in [-0.4, -0.2) is 33.1 Å². The van der Waals surface area contributed by atoms with Gasteiger partial charge in [-0.2, -0.15) is 0 Å². The number of carboxylic acid groups (broad SMARTS) is 1. The van der Waals surface area contributed by atoms with Crippen molar-refractivity contribution >= 4 is 33.3 Å². The summed E-state index contributed by atoms with van der Waals surface area (Å²) in [5.41, 5.74) is 1.25. The van der Waals surface area contributed by atoms with Gasteiger partial charge in [0, 0.05) is 6.54 Å². The van der Waals surface area contributed by atoms with Crippen molar-refractivity contribution in [2.75, 3.05) is 11.4 Å². The van der Waals surface area contributed by atoms with Crippen molar-refractivity contribution < 1.29 is 9.90 Å². The molecule has 6 heteroatoms. The Morgan fingerprint density at radius 1 is 1.52 bits per heavy atom. The minimum Gasteiger partial charge on any atom is -0.479 e. The molecule has 1 atom stereocenters. The molecule has 2 aromatic rings. The molecule has 0 saturated carbocycles. The molecule has 1 unspecified atom stereocenters. The normalized spacial score (nSPS) is 22.1. The molecule has 21 heavy (non-hydrogen) atoms. The fraction of sp³-hybridized carbons (Fsp3) is 0.533. The van der Waals surface area contributed by atoms with Crippen LogP contribution in [0.5, 0.6) is 0 Å². The molecule has 1 N–H and O–H groups in total. The first-order chi connectivity index (χ1) is 10.1. The average Bonchev–Trinajstić information content (AvgIpc) is 3.05. The van der Waals surface area contributed by atoms with Gasteiger partial charge in [0.15, 0.2) is 5.82 Å². The topological polar surface area (TPSA) is 66.3 Å². The Morgan fingerprint density at radius 3 is 3.05 bits per heavy atom. The number of carbonyl (C=O) groups is 1. The van der Waals surface area contributed by atoms with Crippen LogP contribution >= 0.6 is 11.3 Å². The van der Waals surface area contributed by atoms with Crippen LogP contribution in [0.4, 0.5) is 5.82 Å². The zero-order valence-corrected chi connectivity index (χ0v) is 13.1. The van der Waals surface area contributed by atoms with Gasteiger partial charge in [0.2, 0.25) is 0 Å². The summed E-state index contributed by atoms with van der Waals surface area (Å²) in [5, 5.41) is 11.9. The second kappa shape index (κ2) is 5.26. The number of hydrogen-bond donors (Lipinski definition) is 1. The van der Waals surface area contributed by atoms with E-state index in [4.69, 9.17) is 0 Å². The Morgan fingerprint density at radius 2 is 2.33 bits per heavy atom. The van der Waals surface area contributed by atoms with Gasteiger partial charge < -0.3 is 10.0 Å². The SMILES string of the molecule is CCCC1(C(=O)O)CCCN1c1ncnc2c(C)csc12. The fourth-order valence-electron chi connectivity index (χ4n) is 3.34. The lowest BCUT2D eigenvalue weighted by Gasteiger charge is -2.35. The first kappa shape index (κ1) is 14.3. The number of hydrogen-bond acceptors (Lipinski definition) is 5. The highest BCUT2D eigenvalue weighted by Crippen LogP contribution is 2.41. The number of aryl methyl sites for hydroxylation is 1. The van der Waals surface area contributed by atoms with Gasteiger partial charge in [0.05, 0.1) is 10.2 Å². The van der Waals surface area contributed by atoms with E-state index in [1.165, 1.54) is 0 Å². The van der Waals surface area contributed by atoms with Crippen molar-refractivity contribution in [1.29, 1.82) is 0 Å². The zero-order chi connectivity index (χ0) is 15.0. The summed E-state index contributed by atoms with van der Waals surface area (Å²) in [6, 6.07) is 0. The molecule has 1 aliphatic heterocycles. The molecule has 1 fully saturated rings. The van der Waals surface area contributed by atoms with Crippen LogP contribution in [0, 0.1) is 6.92 Å². The Labute approximate surface area is 127 Å². The first-order valence-corrected chi connectivity index (χ1v) is 8.18. The van der Waals surface area contributed by atoms with E-state index in [0.717, 1.165) is 41.0 Å². The monoisotopic (exact) mass is 305 g/mol. The van der Waals surface area contributed by atoms with Gasteiger partial charge in [-0.3, -0.25) is 0 Å². The van der Waals surface area contributed by atoms with Crippen molar-refractivity contribution in [3.05, 3.63) is 17.3 Å². The van der Waals surface area contributed by atoms with E-state index in [9.17, 15) is 9.90 Å². The Balaban J connectivity index is 2.14. The molecule has 112 valence electrons. The number of aromatic nitrogens is 2. The number of carboxylic acids is 1. The summed E-state index contributed by atoms with van der Waals surface area (Å²) in [7, 11) is 0. The summed E-state index contributed by atoms with van der Waals surface area (Å²) in [6.45, 7) is 4.80. The Hall–Kier alpha value is -1.69.